The summed E-state index contributed by atoms with van der Waals surface area (Å²) in [7, 11) is 0. The fourth-order valence-corrected chi connectivity index (χ4v) is 4.19. The van der Waals surface area contributed by atoms with Crippen molar-refractivity contribution < 1.29 is 0 Å². The topological polar surface area (TPSA) is 47.6 Å². The number of thiophene rings is 2. The predicted octanol–water partition coefficient (Wildman–Crippen LogP) is 6.06. The Balaban J connectivity index is 0.000000185. The van der Waals surface area contributed by atoms with E-state index in [1.165, 1.54) is 10.4 Å². The smallest absolute Gasteiger partial charge is 0.0701 e. The van der Waals surface area contributed by atoms with Gasteiger partial charge in [0.15, 0.2) is 0 Å². The highest BCUT2D eigenvalue weighted by Crippen LogP contribution is 2.27. The Bertz CT molecular complexity index is 823. The molecule has 0 N–H and O–H groups in total. The molecule has 2 nitrogen and oxygen atoms in total. The molecular formula is C18H13BrN2S2. The highest BCUT2D eigenvalue weighted by Gasteiger charge is 2.01. The first-order valence-corrected chi connectivity index (χ1v) is 9.27. The largest absolute Gasteiger partial charge is 0.198 e. The van der Waals surface area contributed by atoms with Crippen molar-refractivity contribution in [2.45, 2.75) is 12.8 Å². The molecule has 2 heterocycles. The molecular weight excluding hydrogens is 388 g/mol. The van der Waals surface area contributed by atoms with Gasteiger partial charge in [-0.2, -0.15) is 10.5 Å². The van der Waals surface area contributed by atoms with E-state index in [1.807, 2.05) is 36.4 Å². The Morgan fingerprint density at radius 1 is 0.783 bits per heavy atom. The maximum atomic E-state index is 8.56. The summed E-state index contributed by atoms with van der Waals surface area (Å²) in [6.45, 7) is 0. The van der Waals surface area contributed by atoms with Crippen LogP contribution < -0.4 is 0 Å². The summed E-state index contributed by atoms with van der Waals surface area (Å²) in [5.74, 6) is 0. The van der Waals surface area contributed by atoms with Crippen LogP contribution in [0.3, 0.4) is 0 Å². The molecule has 3 rings (SSSR count). The lowest BCUT2D eigenvalue weighted by Gasteiger charge is -1.94. The van der Waals surface area contributed by atoms with Gasteiger partial charge in [-0.25, -0.2) is 0 Å². The zero-order valence-electron chi connectivity index (χ0n) is 12.2. The van der Waals surface area contributed by atoms with Gasteiger partial charge in [-0.15, -0.1) is 22.7 Å². The number of hydrogen-bond acceptors (Lipinski definition) is 4. The second-order valence-corrected chi connectivity index (χ2v) is 8.22. The molecule has 0 spiro atoms. The van der Waals surface area contributed by atoms with Crippen LogP contribution in [0.15, 0.2) is 58.4 Å². The maximum absolute atomic E-state index is 8.56. The third kappa shape index (κ3) is 5.65. The van der Waals surface area contributed by atoms with E-state index in [-0.39, 0.29) is 0 Å². The molecule has 0 saturated heterocycles. The summed E-state index contributed by atoms with van der Waals surface area (Å²) >= 11 is 6.61. The summed E-state index contributed by atoms with van der Waals surface area (Å²) in [5, 5.41) is 16.8. The van der Waals surface area contributed by atoms with Crippen LogP contribution in [0.5, 0.6) is 0 Å². The SMILES string of the molecule is N#CCc1ccc(-c2ccccc2)s1.N#CCc1ccc(Br)s1. The van der Waals surface area contributed by atoms with E-state index in [0.717, 1.165) is 13.5 Å². The zero-order chi connectivity index (χ0) is 16.5. The summed E-state index contributed by atoms with van der Waals surface area (Å²) in [4.78, 5) is 3.48. The van der Waals surface area contributed by atoms with Crippen LogP contribution in [0.25, 0.3) is 10.4 Å². The number of halogens is 1. The summed E-state index contributed by atoms with van der Waals surface area (Å²) in [6.07, 6.45) is 1.04. The Morgan fingerprint density at radius 2 is 1.39 bits per heavy atom. The lowest BCUT2D eigenvalue weighted by atomic mass is 10.2. The number of nitriles is 2. The van der Waals surface area contributed by atoms with Gasteiger partial charge in [-0.05, 0) is 45.8 Å². The van der Waals surface area contributed by atoms with Gasteiger partial charge in [0.05, 0.1) is 28.8 Å². The molecule has 0 unspecified atom stereocenters. The molecule has 5 heteroatoms. The second kappa shape index (κ2) is 9.27. The number of rotatable bonds is 3. The van der Waals surface area contributed by atoms with Gasteiger partial charge in [0.2, 0.25) is 0 Å². The molecule has 1 aromatic carbocycles. The van der Waals surface area contributed by atoms with E-state index >= 15 is 0 Å². The highest BCUT2D eigenvalue weighted by atomic mass is 79.9. The molecule has 0 amide bonds. The molecule has 0 aliphatic carbocycles. The van der Waals surface area contributed by atoms with Gasteiger partial charge >= 0.3 is 0 Å². The fraction of sp³-hybridized carbons (Fsp3) is 0.111. The maximum Gasteiger partial charge on any atom is 0.0701 e. The zero-order valence-corrected chi connectivity index (χ0v) is 15.4. The van der Waals surface area contributed by atoms with E-state index in [2.05, 4.69) is 46.3 Å². The van der Waals surface area contributed by atoms with Gasteiger partial charge in [0.25, 0.3) is 0 Å². The first-order valence-electron chi connectivity index (χ1n) is 6.85. The van der Waals surface area contributed by atoms with Crippen molar-refractivity contribution in [3.8, 4) is 22.6 Å². The van der Waals surface area contributed by atoms with Crippen LogP contribution in [-0.4, -0.2) is 0 Å². The van der Waals surface area contributed by atoms with Crippen molar-refractivity contribution >= 4 is 38.6 Å². The Labute approximate surface area is 152 Å². The summed E-state index contributed by atoms with van der Waals surface area (Å²) in [6, 6.07) is 22.5. The van der Waals surface area contributed by atoms with Crippen molar-refractivity contribution in [1.29, 1.82) is 10.5 Å². The van der Waals surface area contributed by atoms with Crippen LogP contribution in [0.4, 0.5) is 0 Å². The molecule has 3 aromatic rings. The van der Waals surface area contributed by atoms with Crippen molar-refractivity contribution in [3.63, 3.8) is 0 Å². The van der Waals surface area contributed by atoms with E-state index in [9.17, 15) is 0 Å². The minimum atomic E-state index is 0.511. The minimum Gasteiger partial charge on any atom is -0.198 e. The lowest BCUT2D eigenvalue weighted by Crippen LogP contribution is -1.69. The Kier molecular flexibility index (Phi) is 7.03. The molecule has 23 heavy (non-hydrogen) atoms. The van der Waals surface area contributed by atoms with Crippen molar-refractivity contribution in [2.75, 3.05) is 0 Å². The standard InChI is InChI=1S/C12H9NS.C6H4BrNS/c13-9-8-11-6-7-12(14-11)10-4-2-1-3-5-10;7-6-2-1-5(9-6)3-4-8/h1-7H,8H2;1-2H,3H2. The molecule has 2 aromatic heterocycles. The van der Waals surface area contributed by atoms with Gasteiger partial charge in [0.1, 0.15) is 0 Å². The Hall–Kier alpha value is -1.92. The lowest BCUT2D eigenvalue weighted by molar-refractivity contribution is 1.32. The fourth-order valence-electron chi connectivity index (χ4n) is 1.83. The normalized spacial score (nSPS) is 9.35. The average Bonchev–Trinajstić information content (AvgIpc) is 3.19. The molecule has 0 radical (unpaired) electrons. The van der Waals surface area contributed by atoms with E-state index in [4.69, 9.17) is 10.5 Å². The third-order valence-electron chi connectivity index (χ3n) is 2.86. The van der Waals surface area contributed by atoms with E-state index in [0.29, 0.717) is 12.8 Å². The van der Waals surface area contributed by atoms with Crippen molar-refractivity contribution in [2.24, 2.45) is 0 Å². The summed E-state index contributed by atoms with van der Waals surface area (Å²) < 4.78 is 1.09. The first-order chi connectivity index (χ1) is 11.2. The monoisotopic (exact) mass is 400 g/mol. The van der Waals surface area contributed by atoms with E-state index < -0.39 is 0 Å². The van der Waals surface area contributed by atoms with Gasteiger partial charge in [0, 0.05) is 14.6 Å². The minimum absolute atomic E-state index is 0.511. The van der Waals surface area contributed by atoms with Crippen molar-refractivity contribution in [3.05, 3.63) is 68.1 Å². The molecule has 0 bridgehead atoms. The summed E-state index contributed by atoms with van der Waals surface area (Å²) in [5.41, 5.74) is 1.22. The number of benzene rings is 1. The average molecular weight is 401 g/mol. The van der Waals surface area contributed by atoms with E-state index in [1.54, 1.807) is 22.7 Å². The molecule has 0 fully saturated rings. The second-order valence-electron chi connectivity index (χ2n) is 4.51. The molecule has 114 valence electrons. The predicted molar refractivity (Wildman–Crippen MR) is 100 cm³/mol. The van der Waals surface area contributed by atoms with Crippen LogP contribution in [0.2, 0.25) is 0 Å². The number of hydrogen-bond donors (Lipinski definition) is 0. The Morgan fingerprint density at radius 3 is 1.96 bits per heavy atom. The van der Waals surface area contributed by atoms with Crippen LogP contribution in [0, 0.1) is 22.7 Å². The van der Waals surface area contributed by atoms with Gasteiger partial charge in [-0.3, -0.25) is 0 Å². The van der Waals surface area contributed by atoms with Gasteiger partial charge < -0.3 is 0 Å². The molecule has 0 atom stereocenters. The van der Waals surface area contributed by atoms with Crippen LogP contribution in [0.1, 0.15) is 9.75 Å². The highest BCUT2D eigenvalue weighted by molar-refractivity contribution is 9.11. The quantitative estimate of drug-likeness (QED) is 0.536. The van der Waals surface area contributed by atoms with Crippen molar-refractivity contribution in [1.82, 2.24) is 0 Å². The first kappa shape index (κ1) is 17.4. The third-order valence-corrected chi connectivity index (χ3v) is 5.61. The molecule has 0 aliphatic rings. The number of nitrogens with zero attached hydrogens (tertiary/aromatic N) is 2. The van der Waals surface area contributed by atoms with Crippen LogP contribution >= 0.6 is 38.6 Å². The molecule has 0 aliphatic heterocycles. The molecule has 0 saturated carbocycles. The van der Waals surface area contributed by atoms with Gasteiger partial charge in [-0.1, -0.05) is 30.3 Å². The van der Waals surface area contributed by atoms with Crippen LogP contribution in [-0.2, 0) is 12.8 Å².